The van der Waals surface area contributed by atoms with Gasteiger partial charge in [-0.15, -0.1) is 0 Å². The minimum atomic E-state index is -0.542. The minimum absolute atomic E-state index is 0.0384. The first-order valence-electron chi connectivity index (χ1n) is 6.22. The maximum absolute atomic E-state index is 11.9. The Hall–Kier alpha value is -1.98. The van der Waals surface area contributed by atoms with Crippen LogP contribution in [0.5, 0.6) is 0 Å². The molecule has 1 aliphatic heterocycles. The van der Waals surface area contributed by atoms with Crippen LogP contribution in [0.4, 0.5) is 10.5 Å². The van der Waals surface area contributed by atoms with E-state index in [9.17, 15) is 9.59 Å². The summed E-state index contributed by atoms with van der Waals surface area (Å²) in [6.45, 7) is 6.81. The van der Waals surface area contributed by atoms with Crippen molar-refractivity contribution in [3.8, 4) is 0 Å². The Bertz CT molecular complexity index is 514. The van der Waals surface area contributed by atoms with Crippen molar-refractivity contribution < 1.29 is 14.3 Å². The fourth-order valence-electron chi connectivity index (χ4n) is 1.92. The van der Waals surface area contributed by atoms with E-state index in [0.29, 0.717) is 17.9 Å². The van der Waals surface area contributed by atoms with Gasteiger partial charge in [-0.1, -0.05) is 0 Å². The minimum Gasteiger partial charge on any atom is -0.444 e. The number of likely N-dealkylation sites (N-methyl/N-ethyl adjacent to an activating group) is 1. The molecule has 0 radical (unpaired) electrons. The summed E-state index contributed by atoms with van der Waals surface area (Å²) >= 11 is 0. The molecule has 1 aromatic heterocycles. The molecule has 0 bridgehead atoms. The molecule has 0 aromatic carbocycles. The van der Waals surface area contributed by atoms with E-state index in [1.165, 1.54) is 0 Å². The molecule has 6 nitrogen and oxygen atoms in total. The van der Waals surface area contributed by atoms with Crippen molar-refractivity contribution in [1.29, 1.82) is 0 Å². The number of aromatic nitrogens is 1. The Morgan fingerprint density at radius 3 is 2.68 bits per heavy atom. The lowest BCUT2D eigenvalue weighted by Gasteiger charge is -2.23. The highest BCUT2D eigenvalue weighted by Gasteiger charge is 2.23. The zero-order valence-electron chi connectivity index (χ0n) is 11.7. The summed E-state index contributed by atoms with van der Waals surface area (Å²) in [6.07, 6.45) is 1.24. The molecule has 0 saturated heterocycles. The van der Waals surface area contributed by atoms with Crippen LogP contribution in [0, 0.1) is 0 Å². The number of nitrogens with zero attached hydrogens (tertiary/aromatic N) is 2. The lowest BCUT2D eigenvalue weighted by molar-refractivity contribution is 0.0635. The zero-order valence-corrected chi connectivity index (χ0v) is 11.7. The van der Waals surface area contributed by atoms with Gasteiger partial charge in [0, 0.05) is 26.3 Å². The van der Waals surface area contributed by atoms with E-state index >= 15 is 0 Å². The first kappa shape index (κ1) is 13.5. The van der Waals surface area contributed by atoms with Crippen molar-refractivity contribution in [1.82, 2.24) is 9.47 Å². The maximum atomic E-state index is 11.9. The topological polar surface area (TPSA) is 63.6 Å². The number of fused-ring (bicyclic) bond motifs is 1. The van der Waals surface area contributed by atoms with Gasteiger partial charge in [0.1, 0.15) is 11.3 Å². The van der Waals surface area contributed by atoms with Gasteiger partial charge in [-0.2, -0.15) is 0 Å². The molecule has 1 aliphatic rings. The highest BCUT2D eigenvalue weighted by molar-refractivity contribution is 5.95. The Morgan fingerprint density at radius 1 is 1.37 bits per heavy atom. The Morgan fingerprint density at radius 2 is 2.05 bits per heavy atom. The summed E-state index contributed by atoms with van der Waals surface area (Å²) in [5.74, 6) is -0.0384. The number of ether oxygens (including phenoxy) is 1. The predicted molar refractivity (Wildman–Crippen MR) is 71.2 cm³/mol. The van der Waals surface area contributed by atoms with Crippen LogP contribution in [0.25, 0.3) is 0 Å². The largest absolute Gasteiger partial charge is 0.444 e. The maximum Gasteiger partial charge on any atom is 0.412 e. The predicted octanol–water partition coefficient (Wildman–Crippen LogP) is 1.92. The standard InChI is InChI=1S/C13H19N3O3/c1-13(2,3)19-12(18)14-9-7-10-11(17)15(4)5-6-16(10)8-9/h7-8H,5-6H2,1-4H3,(H,14,18). The fraction of sp³-hybridized carbons (Fsp3) is 0.538. The van der Waals surface area contributed by atoms with Crippen molar-refractivity contribution >= 4 is 17.7 Å². The van der Waals surface area contributed by atoms with Crippen LogP contribution in [0.1, 0.15) is 31.3 Å². The number of carbonyl (C=O) groups excluding carboxylic acids is 2. The quantitative estimate of drug-likeness (QED) is 0.843. The molecule has 1 N–H and O–H groups in total. The second-order valence-corrected chi connectivity index (χ2v) is 5.66. The molecule has 19 heavy (non-hydrogen) atoms. The number of hydrogen-bond acceptors (Lipinski definition) is 3. The van der Waals surface area contributed by atoms with Crippen molar-refractivity contribution in [2.45, 2.75) is 32.9 Å². The molecule has 0 fully saturated rings. The monoisotopic (exact) mass is 265 g/mol. The highest BCUT2D eigenvalue weighted by atomic mass is 16.6. The van der Waals surface area contributed by atoms with E-state index in [0.717, 1.165) is 6.54 Å². The molecule has 2 heterocycles. The average molecular weight is 265 g/mol. The van der Waals surface area contributed by atoms with Gasteiger partial charge in [0.25, 0.3) is 5.91 Å². The second kappa shape index (κ2) is 4.60. The third kappa shape index (κ3) is 3.07. The van der Waals surface area contributed by atoms with Gasteiger partial charge in [0.15, 0.2) is 0 Å². The van der Waals surface area contributed by atoms with Gasteiger partial charge in [0.05, 0.1) is 5.69 Å². The Balaban J connectivity index is 2.10. The molecular weight excluding hydrogens is 246 g/mol. The lowest BCUT2D eigenvalue weighted by atomic mass is 10.2. The van der Waals surface area contributed by atoms with E-state index in [2.05, 4.69) is 5.32 Å². The molecule has 2 amide bonds. The van der Waals surface area contributed by atoms with Crippen LogP contribution in [-0.2, 0) is 11.3 Å². The summed E-state index contributed by atoms with van der Waals surface area (Å²) in [4.78, 5) is 25.2. The summed E-state index contributed by atoms with van der Waals surface area (Å²) in [7, 11) is 1.76. The van der Waals surface area contributed by atoms with Gasteiger partial charge >= 0.3 is 6.09 Å². The molecule has 6 heteroatoms. The zero-order chi connectivity index (χ0) is 14.2. The van der Waals surface area contributed by atoms with Gasteiger partial charge in [0.2, 0.25) is 0 Å². The van der Waals surface area contributed by atoms with Gasteiger partial charge in [-0.05, 0) is 26.8 Å². The molecule has 0 atom stereocenters. The number of amides is 2. The summed E-state index contributed by atoms with van der Waals surface area (Å²) in [5, 5.41) is 2.64. The summed E-state index contributed by atoms with van der Waals surface area (Å²) < 4.78 is 7.01. The van der Waals surface area contributed by atoms with Crippen LogP contribution < -0.4 is 5.32 Å². The average Bonchev–Trinajstić information content (AvgIpc) is 2.64. The molecule has 1 aromatic rings. The van der Waals surface area contributed by atoms with Crippen LogP contribution >= 0.6 is 0 Å². The molecule has 0 unspecified atom stereocenters. The van der Waals surface area contributed by atoms with E-state index in [4.69, 9.17) is 4.74 Å². The van der Waals surface area contributed by atoms with E-state index in [1.54, 1.807) is 45.0 Å². The van der Waals surface area contributed by atoms with E-state index in [1.807, 2.05) is 4.57 Å². The molecule has 0 spiro atoms. The van der Waals surface area contributed by atoms with E-state index in [-0.39, 0.29) is 5.91 Å². The highest BCUT2D eigenvalue weighted by Crippen LogP contribution is 2.19. The number of rotatable bonds is 1. The molecule has 104 valence electrons. The Labute approximate surface area is 112 Å². The lowest BCUT2D eigenvalue weighted by Crippen LogP contribution is -2.36. The summed E-state index contributed by atoms with van der Waals surface area (Å²) in [5.41, 5.74) is 0.618. The number of nitrogens with one attached hydrogen (secondary N) is 1. The Kier molecular flexibility index (Phi) is 3.26. The SMILES string of the molecule is CN1CCn2cc(NC(=O)OC(C)(C)C)cc2C1=O. The number of hydrogen-bond donors (Lipinski definition) is 1. The van der Waals surface area contributed by atoms with Crippen molar-refractivity contribution in [3.63, 3.8) is 0 Å². The first-order chi connectivity index (χ1) is 8.76. The number of carbonyl (C=O) groups is 2. The molecule has 0 aliphatic carbocycles. The third-order valence-corrected chi connectivity index (χ3v) is 2.78. The van der Waals surface area contributed by atoms with Gasteiger partial charge in [-0.25, -0.2) is 4.79 Å². The summed E-state index contributed by atoms with van der Waals surface area (Å²) in [6, 6.07) is 1.67. The fourth-order valence-corrected chi connectivity index (χ4v) is 1.92. The molecule has 0 saturated carbocycles. The van der Waals surface area contributed by atoms with Gasteiger partial charge < -0.3 is 14.2 Å². The van der Waals surface area contributed by atoms with Crippen molar-refractivity contribution in [3.05, 3.63) is 18.0 Å². The van der Waals surface area contributed by atoms with Crippen LogP contribution in [0.3, 0.4) is 0 Å². The van der Waals surface area contributed by atoms with Crippen molar-refractivity contribution in [2.24, 2.45) is 0 Å². The normalized spacial score (nSPS) is 15.2. The molecule has 2 rings (SSSR count). The smallest absolute Gasteiger partial charge is 0.412 e. The second-order valence-electron chi connectivity index (χ2n) is 5.66. The van der Waals surface area contributed by atoms with E-state index < -0.39 is 11.7 Å². The number of anilines is 1. The van der Waals surface area contributed by atoms with Crippen LogP contribution in [0.15, 0.2) is 12.3 Å². The van der Waals surface area contributed by atoms with Crippen LogP contribution in [0.2, 0.25) is 0 Å². The molecular formula is C13H19N3O3. The third-order valence-electron chi connectivity index (χ3n) is 2.78. The van der Waals surface area contributed by atoms with Gasteiger partial charge in [-0.3, -0.25) is 10.1 Å². The van der Waals surface area contributed by atoms with Crippen LogP contribution in [-0.4, -0.2) is 40.7 Å². The van der Waals surface area contributed by atoms with Crippen molar-refractivity contribution in [2.75, 3.05) is 18.9 Å². The first-order valence-corrected chi connectivity index (χ1v) is 6.22.